The van der Waals surface area contributed by atoms with Crippen LogP contribution in [0.4, 0.5) is 11.4 Å². The predicted octanol–water partition coefficient (Wildman–Crippen LogP) is 1.62. The molecule has 0 unspecified atom stereocenters. The van der Waals surface area contributed by atoms with Gasteiger partial charge in [-0.25, -0.2) is 4.98 Å². The number of para-hydroxylation sites is 1. The number of aromatic nitrogens is 2. The van der Waals surface area contributed by atoms with Gasteiger partial charge in [-0.3, -0.25) is 18.8 Å². The highest BCUT2D eigenvalue weighted by Crippen LogP contribution is 2.18. The Hall–Kier alpha value is -3.68. The third-order valence-corrected chi connectivity index (χ3v) is 4.96. The van der Waals surface area contributed by atoms with E-state index in [4.69, 9.17) is 0 Å². The maximum atomic E-state index is 13.1. The van der Waals surface area contributed by atoms with Crippen LogP contribution in [0.1, 0.15) is 17.3 Å². The largest absolute Gasteiger partial charge is 0.368 e. The Kier molecular flexibility index (Phi) is 4.99. The van der Waals surface area contributed by atoms with E-state index in [0.29, 0.717) is 18.7 Å². The van der Waals surface area contributed by atoms with Gasteiger partial charge in [0, 0.05) is 45.0 Å². The molecule has 0 aliphatic carbocycles. The number of carbonyl (C=O) groups excluding carboxylic acids is 2. The monoisotopic (exact) mass is 391 g/mol. The van der Waals surface area contributed by atoms with Crippen LogP contribution >= 0.6 is 0 Å². The Morgan fingerprint density at radius 3 is 2.41 bits per heavy atom. The third kappa shape index (κ3) is 3.69. The molecule has 1 N–H and O–H groups in total. The van der Waals surface area contributed by atoms with Crippen LogP contribution in [-0.4, -0.2) is 52.3 Å². The molecule has 0 saturated carbocycles. The van der Waals surface area contributed by atoms with E-state index >= 15 is 0 Å². The molecule has 8 heteroatoms. The Bertz CT molecular complexity index is 1120. The van der Waals surface area contributed by atoms with Crippen LogP contribution in [0.15, 0.2) is 59.7 Å². The van der Waals surface area contributed by atoms with Crippen molar-refractivity contribution in [3.05, 3.63) is 70.8 Å². The molecule has 2 aromatic heterocycles. The lowest BCUT2D eigenvalue weighted by atomic mass is 10.2. The van der Waals surface area contributed by atoms with Crippen molar-refractivity contribution in [2.75, 3.05) is 36.4 Å². The number of hydrogen-bond donors (Lipinski definition) is 1. The summed E-state index contributed by atoms with van der Waals surface area (Å²) in [6.07, 6.45) is 2.84. The summed E-state index contributed by atoms with van der Waals surface area (Å²) in [5.74, 6) is -0.512. The fourth-order valence-corrected chi connectivity index (χ4v) is 3.53. The van der Waals surface area contributed by atoms with E-state index in [2.05, 4.69) is 27.3 Å². The summed E-state index contributed by atoms with van der Waals surface area (Å²) >= 11 is 0. The average Bonchev–Trinajstić information content (AvgIpc) is 2.75. The Labute approximate surface area is 167 Å². The van der Waals surface area contributed by atoms with Gasteiger partial charge in [-0.1, -0.05) is 18.2 Å². The number of piperazine rings is 1. The third-order valence-electron chi connectivity index (χ3n) is 4.96. The Morgan fingerprint density at radius 1 is 1.00 bits per heavy atom. The molecular weight excluding hydrogens is 370 g/mol. The molecule has 1 aromatic carbocycles. The van der Waals surface area contributed by atoms with Gasteiger partial charge >= 0.3 is 0 Å². The van der Waals surface area contributed by atoms with E-state index < -0.39 is 5.56 Å². The fourth-order valence-electron chi connectivity index (χ4n) is 3.53. The standard InChI is InChI=1S/C21H21N5O3/c1-15(27)23-18-14-22-19-17(8-5-9-26(19)21(18)29)20(28)25-12-10-24(11-13-25)16-6-3-2-4-7-16/h2-9,14H,10-13H2,1H3,(H,23,27). The molecule has 1 aliphatic rings. The molecule has 4 rings (SSSR count). The molecule has 1 fully saturated rings. The van der Waals surface area contributed by atoms with Crippen LogP contribution in [0, 0.1) is 0 Å². The summed E-state index contributed by atoms with van der Waals surface area (Å²) in [7, 11) is 0. The van der Waals surface area contributed by atoms with Crippen molar-refractivity contribution in [2.24, 2.45) is 0 Å². The van der Waals surface area contributed by atoms with Crippen molar-refractivity contribution in [2.45, 2.75) is 6.92 Å². The van der Waals surface area contributed by atoms with Gasteiger partial charge in [-0.2, -0.15) is 0 Å². The number of nitrogens with zero attached hydrogens (tertiary/aromatic N) is 4. The molecule has 3 heterocycles. The van der Waals surface area contributed by atoms with E-state index in [1.165, 1.54) is 17.5 Å². The van der Waals surface area contributed by atoms with E-state index in [1.54, 1.807) is 23.2 Å². The number of pyridine rings is 1. The van der Waals surface area contributed by atoms with Crippen LogP contribution in [0.25, 0.3) is 5.65 Å². The van der Waals surface area contributed by atoms with Crippen molar-refractivity contribution >= 4 is 28.8 Å². The van der Waals surface area contributed by atoms with Crippen molar-refractivity contribution in [1.29, 1.82) is 0 Å². The van der Waals surface area contributed by atoms with Gasteiger partial charge < -0.3 is 15.1 Å². The SMILES string of the molecule is CC(=O)Nc1cnc2c(C(=O)N3CCN(c4ccccc4)CC3)cccn2c1=O. The molecule has 29 heavy (non-hydrogen) atoms. The first-order valence-corrected chi connectivity index (χ1v) is 9.42. The molecule has 148 valence electrons. The molecule has 0 spiro atoms. The predicted molar refractivity (Wildman–Crippen MR) is 110 cm³/mol. The first-order valence-electron chi connectivity index (χ1n) is 9.42. The minimum absolute atomic E-state index is 0.0797. The smallest absolute Gasteiger partial charge is 0.281 e. The van der Waals surface area contributed by atoms with Crippen LogP contribution in [0.5, 0.6) is 0 Å². The molecule has 0 atom stereocenters. The molecule has 3 aromatic rings. The zero-order valence-corrected chi connectivity index (χ0v) is 16.0. The maximum Gasteiger partial charge on any atom is 0.281 e. The number of rotatable bonds is 3. The summed E-state index contributed by atoms with van der Waals surface area (Å²) in [4.78, 5) is 45.3. The van der Waals surface area contributed by atoms with E-state index in [9.17, 15) is 14.4 Å². The number of amides is 2. The van der Waals surface area contributed by atoms with Gasteiger partial charge in [0.25, 0.3) is 11.5 Å². The highest BCUT2D eigenvalue weighted by Gasteiger charge is 2.24. The normalized spacial score (nSPS) is 14.1. The molecule has 0 radical (unpaired) electrons. The zero-order chi connectivity index (χ0) is 20.4. The van der Waals surface area contributed by atoms with E-state index in [-0.39, 0.29) is 23.1 Å². The lowest BCUT2D eigenvalue weighted by Crippen LogP contribution is -2.49. The second-order valence-corrected chi connectivity index (χ2v) is 6.89. The van der Waals surface area contributed by atoms with Gasteiger partial charge in [0.15, 0.2) is 5.65 Å². The van der Waals surface area contributed by atoms with Crippen LogP contribution < -0.4 is 15.8 Å². The number of fused-ring (bicyclic) bond motifs is 1. The summed E-state index contributed by atoms with van der Waals surface area (Å²) in [6, 6.07) is 13.4. The van der Waals surface area contributed by atoms with Crippen LogP contribution in [-0.2, 0) is 4.79 Å². The second kappa shape index (κ2) is 7.75. The van der Waals surface area contributed by atoms with E-state index in [0.717, 1.165) is 18.8 Å². The number of benzene rings is 1. The number of anilines is 2. The number of hydrogen-bond acceptors (Lipinski definition) is 5. The van der Waals surface area contributed by atoms with Gasteiger partial charge in [-0.15, -0.1) is 0 Å². The Balaban J connectivity index is 1.57. The second-order valence-electron chi connectivity index (χ2n) is 6.89. The van der Waals surface area contributed by atoms with Gasteiger partial charge in [0.2, 0.25) is 5.91 Å². The van der Waals surface area contributed by atoms with Crippen molar-refractivity contribution in [1.82, 2.24) is 14.3 Å². The highest BCUT2D eigenvalue weighted by molar-refractivity contribution is 6.00. The fraction of sp³-hybridized carbons (Fsp3) is 0.238. The van der Waals surface area contributed by atoms with Gasteiger partial charge in [-0.05, 0) is 24.3 Å². The Morgan fingerprint density at radius 2 is 1.72 bits per heavy atom. The lowest BCUT2D eigenvalue weighted by Gasteiger charge is -2.36. The van der Waals surface area contributed by atoms with Crippen molar-refractivity contribution in [3.8, 4) is 0 Å². The summed E-state index contributed by atoms with van der Waals surface area (Å²) in [5.41, 5.74) is 1.45. The minimum Gasteiger partial charge on any atom is -0.368 e. The van der Waals surface area contributed by atoms with Gasteiger partial charge in [0.05, 0.1) is 11.8 Å². The first kappa shape index (κ1) is 18.7. The summed E-state index contributed by atoms with van der Waals surface area (Å²) < 4.78 is 1.29. The molecule has 1 saturated heterocycles. The maximum absolute atomic E-state index is 13.1. The molecule has 8 nitrogen and oxygen atoms in total. The van der Waals surface area contributed by atoms with Crippen LogP contribution in [0.3, 0.4) is 0 Å². The van der Waals surface area contributed by atoms with Crippen molar-refractivity contribution in [3.63, 3.8) is 0 Å². The molecule has 1 aliphatic heterocycles. The summed E-state index contributed by atoms with van der Waals surface area (Å²) in [5, 5.41) is 2.46. The minimum atomic E-state index is -0.422. The molecular formula is C21H21N5O3. The number of nitrogens with one attached hydrogen (secondary N) is 1. The highest BCUT2D eigenvalue weighted by atomic mass is 16.2. The van der Waals surface area contributed by atoms with Crippen molar-refractivity contribution < 1.29 is 9.59 Å². The first-order chi connectivity index (χ1) is 14.0. The average molecular weight is 391 g/mol. The van der Waals surface area contributed by atoms with Gasteiger partial charge in [0.1, 0.15) is 5.69 Å². The van der Waals surface area contributed by atoms with Crippen LogP contribution in [0.2, 0.25) is 0 Å². The molecule has 2 amide bonds. The topological polar surface area (TPSA) is 87.0 Å². The summed E-state index contributed by atoms with van der Waals surface area (Å²) in [6.45, 7) is 3.97. The lowest BCUT2D eigenvalue weighted by molar-refractivity contribution is -0.114. The molecule has 0 bridgehead atoms. The zero-order valence-electron chi connectivity index (χ0n) is 16.0. The quantitative estimate of drug-likeness (QED) is 0.733. The number of carbonyl (C=O) groups is 2. The van der Waals surface area contributed by atoms with E-state index in [1.807, 2.05) is 18.2 Å².